The van der Waals surface area contributed by atoms with Crippen LogP contribution in [-0.2, 0) is 16.8 Å². The summed E-state index contributed by atoms with van der Waals surface area (Å²) in [6.07, 6.45) is 1.82. The van der Waals surface area contributed by atoms with Crippen molar-refractivity contribution in [2.75, 3.05) is 37.8 Å². The number of halogens is 3. The fourth-order valence-electron chi connectivity index (χ4n) is 5.50. The summed E-state index contributed by atoms with van der Waals surface area (Å²) in [4.78, 5) is 43.3. The van der Waals surface area contributed by atoms with Gasteiger partial charge >= 0.3 is 6.03 Å². The van der Waals surface area contributed by atoms with E-state index in [1.165, 1.54) is 4.90 Å². The maximum atomic E-state index is 13.8. The van der Waals surface area contributed by atoms with Gasteiger partial charge in [-0.3, -0.25) is 9.59 Å². The Morgan fingerprint density at radius 2 is 1.88 bits per heavy atom. The molecule has 2 aliphatic rings. The first-order chi connectivity index (χ1) is 19.6. The van der Waals surface area contributed by atoms with E-state index in [1.807, 2.05) is 24.3 Å². The molecule has 1 unspecified atom stereocenters. The minimum atomic E-state index is -1.25. The highest BCUT2D eigenvalue weighted by Gasteiger charge is 2.47. The molecule has 2 heterocycles. The molecule has 0 aliphatic carbocycles. The second-order valence-electron chi connectivity index (χ2n) is 10.6. The molecule has 0 radical (unpaired) electrons. The summed E-state index contributed by atoms with van der Waals surface area (Å²) in [5, 5.41) is 10.6. The summed E-state index contributed by atoms with van der Waals surface area (Å²) in [7, 11) is 3.43. The van der Waals surface area contributed by atoms with Gasteiger partial charge in [0.25, 0.3) is 11.8 Å². The minimum Gasteiger partial charge on any atom is -0.367 e. The molecule has 1 fully saturated rings. The third-order valence-electron chi connectivity index (χ3n) is 7.42. The number of carbonyl (C=O) groups is 3. The molecule has 5 rings (SSSR count). The number of nitrogens with zero attached hydrogens (tertiary/aromatic N) is 2. The number of fused-ring (bicyclic) bond motifs is 1. The van der Waals surface area contributed by atoms with Gasteiger partial charge in [-0.05, 0) is 60.9 Å². The van der Waals surface area contributed by atoms with Crippen molar-refractivity contribution in [3.05, 3.63) is 91.9 Å². The van der Waals surface area contributed by atoms with Gasteiger partial charge in [0.2, 0.25) is 0 Å². The Morgan fingerprint density at radius 1 is 1.10 bits per heavy atom. The lowest BCUT2D eigenvalue weighted by Crippen LogP contribution is -2.52. The van der Waals surface area contributed by atoms with Crippen molar-refractivity contribution < 1.29 is 14.4 Å². The Kier molecular flexibility index (Phi) is 8.50. The van der Waals surface area contributed by atoms with E-state index in [4.69, 9.17) is 23.2 Å². The number of nitrogens with one attached hydrogen (secondary N) is 3. The summed E-state index contributed by atoms with van der Waals surface area (Å²) in [6, 6.07) is 17.7. The Bertz CT molecular complexity index is 1520. The molecule has 0 bridgehead atoms. The van der Waals surface area contributed by atoms with E-state index in [1.54, 1.807) is 55.4 Å². The Labute approximate surface area is 257 Å². The smallest absolute Gasteiger partial charge is 0.319 e. The van der Waals surface area contributed by atoms with Crippen molar-refractivity contribution in [3.63, 3.8) is 0 Å². The summed E-state index contributed by atoms with van der Waals surface area (Å²) < 4.78 is 0.740. The van der Waals surface area contributed by atoms with Crippen molar-refractivity contribution in [1.82, 2.24) is 15.1 Å². The van der Waals surface area contributed by atoms with Crippen LogP contribution in [0.15, 0.2) is 65.1 Å². The number of amides is 4. The molecule has 2 atom stereocenters. The molecule has 0 aromatic heterocycles. The highest BCUT2D eigenvalue weighted by atomic mass is 79.9. The lowest BCUT2D eigenvalue weighted by Gasteiger charge is -2.35. The van der Waals surface area contributed by atoms with E-state index in [0.717, 1.165) is 22.9 Å². The van der Waals surface area contributed by atoms with Crippen molar-refractivity contribution >= 4 is 68.4 Å². The molecule has 0 spiro atoms. The summed E-state index contributed by atoms with van der Waals surface area (Å²) >= 11 is 16.1. The standard InChI is InChI=1S/C30H30BrCl2N5O3/c1-37(2)29(41)38-12-4-7-22(17-38)34-27(39)23-10-8-19(31)14-25(23)36-30(16-18-5-3-6-20(32)13-18)24-11-9-21(33)15-26(24)35-28(30)40/h3,5-6,8-11,13-15,22,36H,4,7,12,16-17H2,1-2H3,(H,34,39)(H,35,40)/t22-,30?/m0/s1. The Morgan fingerprint density at radius 3 is 2.63 bits per heavy atom. The molecule has 3 aromatic carbocycles. The summed E-state index contributed by atoms with van der Waals surface area (Å²) in [5.41, 5.74) is 1.77. The number of hydrogen-bond donors (Lipinski definition) is 3. The molecule has 8 nitrogen and oxygen atoms in total. The molecule has 4 amide bonds. The van der Waals surface area contributed by atoms with E-state index in [0.29, 0.717) is 45.6 Å². The fraction of sp³-hybridized carbons (Fsp3) is 0.300. The van der Waals surface area contributed by atoms with Gasteiger partial charge in [0.1, 0.15) is 5.54 Å². The first-order valence-corrected chi connectivity index (χ1v) is 14.8. The van der Waals surface area contributed by atoms with Crippen LogP contribution in [0.25, 0.3) is 0 Å². The first kappa shape index (κ1) is 29.2. The molecule has 214 valence electrons. The van der Waals surface area contributed by atoms with Crippen LogP contribution in [0.3, 0.4) is 0 Å². The molecule has 1 saturated heterocycles. The predicted molar refractivity (Wildman–Crippen MR) is 166 cm³/mol. The SMILES string of the molecule is CN(C)C(=O)N1CCC[C@H](NC(=O)c2ccc(Br)cc2NC2(Cc3cccc(Cl)c3)C(=O)Nc3cc(Cl)ccc32)C1. The quantitative estimate of drug-likeness (QED) is 0.297. The predicted octanol–water partition coefficient (Wildman–Crippen LogP) is 6.13. The van der Waals surface area contributed by atoms with Gasteiger partial charge in [-0.25, -0.2) is 4.79 Å². The van der Waals surface area contributed by atoms with Gasteiger partial charge in [-0.2, -0.15) is 0 Å². The molecule has 3 N–H and O–H groups in total. The third kappa shape index (κ3) is 6.17. The minimum absolute atomic E-state index is 0.0797. The van der Waals surface area contributed by atoms with Gasteiger partial charge in [0.15, 0.2) is 0 Å². The second-order valence-corrected chi connectivity index (χ2v) is 12.4. The van der Waals surface area contributed by atoms with Crippen LogP contribution >= 0.6 is 39.1 Å². The van der Waals surface area contributed by atoms with E-state index >= 15 is 0 Å². The zero-order valence-corrected chi connectivity index (χ0v) is 25.7. The second kappa shape index (κ2) is 11.9. The van der Waals surface area contributed by atoms with E-state index in [9.17, 15) is 14.4 Å². The van der Waals surface area contributed by atoms with Gasteiger partial charge in [0, 0.05) is 71.1 Å². The van der Waals surface area contributed by atoms with Crippen LogP contribution < -0.4 is 16.0 Å². The van der Waals surface area contributed by atoms with Crippen molar-refractivity contribution in [2.45, 2.75) is 30.8 Å². The van der Waals surface area contributed by atoms with Gasteiger partial charge in [-0.15, -0.1) is 0 Å². The van der Waals surface area contributed by atoms with Gasteiger partial charge in [0.05, 0.1) is 5.56 Å². The number of likely N-dealkylation sites (tertiary alicyclic amines) is 1. The normalized spacial score (nSPS) is 19.8. The Hall–Kier alpha value is -3.27. The summed E-state index contributed by atoms with van der Waals surface area (Å²) in [6.45, 7) is 1.08. The largest absolute Gasteiger partial charge is 0.367 e. The number of anilines is 2. The number of hydrogen-bond acceptors (Lipinski definition) is 4. The highest BCUT2D eigenvalue weighted by molar-refractivity contribution is 9.10. The average Bonchev–Trinajstić information content (AvgIpc) is 3.17. The number of carbonyl (C=O) groups excluding carboxylic acids is 3. The van der Waals surface area contributed by atoms with Crippen LogP contribution in [0.4, 0.5) is 16.2 Å². The zero-order valence-electron chi connectivity index (χ0n) is 22.6. The maximum Gasteiger partial charge on any atom is 0.319 e. The van der Waals surface area contributed by atoms with Crippen molar-refractivity contribution in [3.8, 4) is 0 Å². The number of rotatable bonds is 6. The van der Waals surface area contributed by atoms with E-state index < -0.39 is 5.54 Å². The third-order valence-corrected chi connectivity index (χ3v) is 8.38. The number of benzene rings is 3. The molecule has 0 saturated carbocycles. The molecular weight excluding hydrogens is 629 g/mol. The van der Waals surface area contributed by atoms with Crippen molar-refractivity contribution in [1.29, 1.82) is 0 Å². The van der Waals surface area contributed by atoms with Crippen LogP contribution in [0.2, 0.25) is 10.0 Å². The molecule has 11 heteroatoms. The lowest BCUT2D eigenvalue weighted by molar-refractivity contribution is -0.119. The van der Waals surface area contributed by atoms with E-state index in [-0.39, 0.29) is 30.3 Å². The van der Waals surface area contributed by atoms with Crippen molar-refractivity contribution in [2.24, 2.45) is 0 Å². The van der Waals surface area contributed by atoms with Crippen LogP contribution in [0.1, 0.15) is 34.3 Å². The van der Waals surface area contributed by atoms with Crippen LogP contribution in [0, 0.1) is 0 Å². The maximum absolute atomic E-state index is 13.8. The Balaban J connectivity index is 1.49. The molecule has 3 aromatic rings. The summed E-state index contributed by atoms with van der Waals surface area (Å²) in [5.74, 6) is -0.567. The van der Waals surface area contributed by atoms with Crippen LogP contribution in [0.5, 0.6) is 0 Å². The fourth-order valence-corrected chi connectivity index (χ4v) is 6.25. The zero-order chi connectivity index (χ0) is 29.3. The topological polar surface area (TPSA) is 93.8 Å². The van der Waals surface area contributed by atoms with Gasteiger partial charge in [-0.1, -0.05) is 57.3 Å². The highest BCUT2D eigenvalue weighted by Crippen LogP contribution is 2.43. The number of piperidine rings is 1. The molecule has 2 aliphatic heterocycles. The van der Waals surface area contributed by atoms with E-state index in [2.05, 4.69) is 31.9 Å². The first-order valence-electron chi connectivity index (χ1n) is 13.3. The number of urea groups is 1. The molecule has 41 heavy (non-hydrogen) atoms. The molecular formula is C30H30BrCl2N5O3. The average molecular weight is 659 g/mol. The lowest BCUT2D eigenvalue weighted by atomic mass is 9.84. The van der Waals surface area contributed by atoms with Crippen LogP contribution in [-0.4, -0.2) is 60.9 Å². The monoisotopic (exact) mass is 657 g/mol. The van der Waals surface area contributed by atoms with Gasteiger partial charge < -0.3 is 25.8 Å².